The Morgan fingerprint density at radius 1 is 1.41 bits per heavy atom. The van der Waals surface area contributed by atoms with Crippen molar-refractivity contribution in [1.29, 1.82) is 0 Å². The smallest absolute Gasteiger partial charge is 0.0765 e. The van der Waals surface area contributed by atoms with E-state index in [0.717, 1.165) is 11.3 Å². The first-order valence-electron chi connectivity index (χ1n) is 5.80. The van der Waals surface area contributed by atoms with Crippen LogP contribution >= 0.6 is 0 Å². The third-order valence-electron chi connectivity index (χ3n) is 2.72. The van der Waals surface area contributed by atoms with Gasteiger partial charge < -0.3 is 20.9 Å². The van der Waals surface area contributed by atoms with Crippen LogP contribution in [0, 0.1) is 0 Å². The second kappa shape index (κ2) is 6.59. The van der Waals surface area contributed by atoms with Crippen molar-refractivity contribution >= 4 is 5.69 Å². The summed E-state index contributed by atoms with van der Waals surface area (Å²) < 4.78 is 4.95. The second-order valence-corrected chi connectivity index (χ2v) is 4.54. The Bertz CT molecular complexity index is 340. The van der Waals surface area contributed by atoms with Gasteiger partial charge in [-0.25, -0.2) is 0 Å². The maximum absolute atomic E-state index is 10.0. The summed E-state index contributed by atoms with van der Waals surface area (Å²) in [6.45, 7) is 3.54. The molecule has 0 aliphatic rings. The lowest BCUT2D eigenvalue weighted by atomic mass is 10.0. The normalized spacial score (nSPS) is 14.5. The summed E-state index contributed by atoms with van der Waals surface area (Å²) in [5, 5.41) is 13.2. The molecule has 0 radical (unpaired) electrons. The summed E-state index contributed by atoms with van der Waals surface area (Å²) >= 11 is 0. The summed E-state index contributed by atoms with van der Waals surface area (Å²) in [7, 11) is 1.63. The Kier molecular flexibility index (Phi) is 5.41. The molecule has 1 aromatic rings. The summed E-state index contributed by atoms with van der Waals surface area (Å²) in [5.74, 6) is 0. The average molecular weight is 238 g/mol. The van der Waals surface area contributed by atoms with Crippen molar-refractivity contribution in [1.82, 2.24) is 5.32 Å². The Morgan fingerprint density at radius 2 is 2.12 bits per heavy atom. The van der Waals surface area contributed by atoms with E-state index in [4.69, 9.17) is 10.5 Å². The van der Waals surface area contributed by atoms with Gasteiger partial charge in [-0.15, -0.1) is 0 Å². The van der Waals surface area contributed by atoms with E-state index >= 15 is 0 Å². The van der Waals surface area contributed by atoms with Crippen molar-refractivity contribution in [2.45, 2.75) is 25.5 Å². The zero-order chi connectivity index (χ0) is 12.7. The molecule has 17 heavy (non-hydrogen) atoms. The molecule has 4 nitrogen and oxygen atoms in total. The average Bonchev–Trinajstić information content (AvgIpc) is 2.29. The van der Waals surface area contributed by atoms with Gasteiger partial charge in [-0.2, -0.15) is 0 Å². The first-order chi connectivity index (χ1) is 8.05. The lowest BCUT2D eigenvalue weighted by Gasteiger charge is -2.23. The molecule has 4 N–H and O–H groups in total. The van der Waals surface area contributed by atoms with E-state index in [1.165, 1.54) is 0 Å². The fourth-order valence-corrected chi connectivity index (χ4v) is 1.57. The minimum Gasteiger partial charge on any atom is -0.398 e. The van der Waals surface area contributed by atoms with Gasteiger partial charge in [-0.3, -0.25) is 0 Å². The highest BCUT2D eigenvalue weighted by molar-refractivity contribution is 5.46. The first-order valence-corrected chi connectivity index (χ1v) is 5.80. The van der Waals surface area contributed by atoms with Crippen molar-refractivity contribution in [3.8, 4) is 0 Å². The van der Waals surface area contributed by atoms with Crippen LogP contribution in [0.4, 0.5) is 5.69 Å². The maximum atomic E-state index is 10.0. The van der Waals surface area contributed by atoms with Crippen LogP contribution in [0.5, 0.6) is 0 Å². The van der Waals surface area contributed by atoms with Gasteiger partial charge in [0, 0.05) is 38.9 Å². The zero-order valence-electron chi connectivity index (χ0n) is 10.6. The van der Waals surface area contributed by atoms with E-state index in [0.29, 0.717) is 26.1 Å². The molecule has 0 aliphatic carbocycles. The second-order valence-electron chi connectivity index (χ2n) is 4.54. The number of aliphatic hydroxyl groups is 1. The molecule has 0 saturated heterocycles. The summed E-state index contributed by atoms with van der Waals surface area (Å²) in [5.41, 5.74) is 6.90. The standard InChI is InChI=1S/C13H22N2O2/c1-13(16,7-8-17-2)10-15-9-11-5-3-4-6-12(11)14/h3-6,15-16H,7-10,14H2,1-2H3. The summed E-state index contributed by atoms with van der Waals surface area (Å²) in [6, 6.07) is 7.72. The van der Waals surface area contributed by atoms with Crippen LogP contribution in [0.1, 0.15) is 18.9 Å². The molecule has 0 fully saturated rings. The maximum Gasteiger partial charge on any atom is 0.0765 e. The number of anilines is 1. The van der Waals surface area contributed by atoms with Gasteiger partial charge in [0.05, 0.1) is 5.60 Å². The van der Waals surface area contributed by atoms with E-state index in [2.05, 4.69) is 5.32 Å². The number of nitrogens with two attached hydrogens (primary N) is 1. The van der Waals surface area contributed by atoms with Crippen molar-refractivity contribution in [2.75, 3.05) is 26.0 Å². The molecule has 1 atom stereocenters. The van der Waals surface area contributed by atoms with Crippen LogP contribution < -0.4 is 11.1 Å². The number of methoxy groups -OCH3 is 1. The quantitative estimate of drug-likeness (QED) is 0.623. The van der Waals surface area contributed by atoms with Gasteiger partial charge in [0.25, 0.3) is 0 Å². The van der Waals surface area contributed by atoms with Gasteiger partial charge in [-0.1, -0.05) is 18.2 Å². The molecule has 0 bridgehead atoms. The van der Waals surface area contributed by atoms with Crippen LogP contribution in [0.25, 0.3) is 0 Å². The molecular formula is C13H22N2O2. The van der Waals surface area contributed by atoms with Crippen molar-refractivity contribution in [3.63, 3.8) is 0 Å². The molecule has 1 unspecified atom stereocenters. The molecule has 0 saturated carbocycles. The number of hydrogen-bond donors (Lipinski definition) is 3. The first kappa shape index (κ1) is 14.0. The molecule has 96 valence electrons. The van der Waals surface area contributed by atoms with Crippen LogP contribution in [0.3, 0.4) is 0 Å². The Morgan fingerprint density at radius 3 is 2.76 bits per heavy atom. The van der Waals surface area contributed by atoms with E-state index in [9.17, 15) is 5.11 Å². The van der Waals surface area contributed by atoms with E-state index in [1.54, 1.807) is 14.0 Å². The highest BCUT2D eigenvalue weighted by Crippen LogP contribution is 2.11. The van der Waals surface area contributed by atoms with Crippen LogP contribution in [0.15, 0.2) is 24.3 Å². The number of ether oxygens (including phenoxy) is 1. The number of rotatable bonds is 7. The molecular weight excluding hydrogens is 216 g/mol. The van der Waals surface area contributed by atoms with Crippen molar-refractivity contribution in [3.05, 3.63) is 29.8 Å². The Balaban J connectivity index is 2.35. The molecule has 4 heteroatoms. The fraction of sp³-hybridized carbons (Fsp3) is 0.538. The predicted octanol–water partition coefficient (Wildman–Crippen LogP) is 1.15. The van der Waals surface area contributed by atoms with E-state index in [-0.39, 0.29) is 0 Å². The van der Waals surface area contributed by atoms with Gasteiger partial charge in [0.15, 0.2) is 0 Å². The van der Waals surface area contributed by atoms with Gasteiger partial charge in [0.1, 0.15) is 0 Å². The summed E-state index contributed by atoms with van der Waals surface area (Å²) in [4.78, 5) is 0. The minimum atomic E-state index is -0.750. The monoisotopic (exact) mass is 238 g/mol. The topological polar surface area (TPSA) is 67.5 Å². The van der Waals surface area contributed by atoms with Gasteiger partial charge in [-0.05, 0) is 18.6 Å². The van der Waals surface area contributed by atoms with E-state index < -0.39 is 5.60 Å². The zero-order valence-corrected chi connectivity index (χ0v) is 10.6. The van der Waals surface area contributed by atoms with Crippen LogP contribution in [0.2, 0.25) is 0 Å². The molecule has 1 rings (SSSR count). The third kappa shape index (κ3) is 5.17. The Labute approximate surface area is 103 Å². The molecule has 0 heterocycles. The third-order valence-corrected chi connectivity index (χ3v) is 2.72. The number of para-hydroxylation sites is 1. The number of nitrogens with one attached hydrogen (secondary N) is 1. The predicted molar refractivity (Wildman–Crippen MR) is 69.7 cm³/mol. The molecule has 0 aromatic heterocycles. The minimum absolute atomic E-state index is 0.519. The lowest BCUT2D eigenvalue weighted by molar-refractivity contribution is 0.0247. The molecule has 0 amide bonds. The number of benzene rings is 1. The van der Waals surface area contributed by atoms with E-state index in [1.807, 2.05) is 24.3 Å². The molecule has 0 spiro atoms. The van der Waals surface area contributed by atoms with Crippen LogP contribution in [-0.4, -0.2) is 31.0 Å². The largest absolute Gasteiger partial charge is 0.398 e. The number of nitrogen functional groups attached to an aromatic ring is 1. The SMILES string of the molecule is COCCC(C)(O)CNCc1ccccc1N. The summed E-state index contributed by atoms with van der Waals surface area (Å²) in [6.07, 6.45) is 0.612. The van der Waals surface area contributed by atoms with Gasteiger partial charge in [0.2, 0.25) is 0 Å². The highest BCUT2D eigenvalue weighted by atomic mass is 16.5. The Hall–Kier alpha value is -1.10. The number of hydrogen-bond acceptors (Lipinski definition) is 4. The molecule has 1 aromatic carbocycles. The van der Waals surface area contributed by atoms with Gasteiger partial charge >= 0.3 is 0 Å². The van der Waals surface area contributed by atoms with Crippen molar-refractivity contribution < 1.29 is 9.84 Å². The van der Waals surface area contributed by atoms with Crippen molar-refractivity contribution in [2.24, 2.45) is 0 Å². The molecule has 0 aliphatic heterocycles. The highest BCUT2D eigenvalue weighted by Gasteiger charge is 2.19. The fourth-order valence-electron chi connectivity index (χ4n) is 1.57. The lowest BCUT2D eigenvalue weighted by Crippen LogP contribution is -2.38. The van der Waals surface area contributed by atoms with Crippen LogP contribution in [-0.2, 0) is 11.3 Å².